The molecule has 0 atom stereocenters. The average Bonchev–Trinajstić information content (AvgIpc) is 3.25. The van der Waals surface area contributed by atoms with E-state index in [4.69, 9.17) is 4.74 Å². The Bertz CT molecular complexity index is 789. The van der Waals surface area contributed by atoms with E-state index in [-0.39, 0.29) is 5.91 Å². The lowest BCUT2D eigenvalue weighted by Gasteiger charge is -2.31. The summed E-state index contributed by atoms with van der Waals surface area (Å²) in [6, 6.07) is 2.50. The highest BCUT2D eigenvalue weighted by Crippen LogP contribution is 2.31. The lowest BCUT2D eigenvalue weighted by molar-refractivity contribution is -0.892. The molecule has 4 rings (SSSR count). The molecule has 3 aliphatic rings. The molecule has 3 heterocycles. The van der Waals surface area contributed by atoms with Crippen molar-refractivity contribution in [1.29, 1.82) is 5.26 Å². The number of hydrogen-bond donors (Lipinski definition) is 1. The van der Waals surface area contributed by atoms with Crippen molar-refractivity contribution in [2.45, 2.75) is 39.0 Å². The summed E-state index contributed by atoms with van der Waals surface area (Å²) >= 11 is 0. The van der Waals surface area contributed by atoms with Crippen molar-refractivity contribution in [2.75, 3.05) is 63.9 Å². The van der Waals surface area contributed by atoms with Gasteiger partial charge in [0.15, 0.2) is 6.54 Å². The lowest BCUT2D eigenvalue weighted by Crippen LogP contribution is -3.16. The maximum Gasteiger partial charge on any atom is 0.293 e. The third-order valence-corrected chi connectivity index (χ3v) is 6.55. The average molecular weight is 400 g/mol. The van der Waals surface area contributed by atoms with Crippen molar-refractivity contribution in [3.05, 3.63) is 22.4 Å². The first-order valence-corrected chi connectivity index (χ1v) is 11.1. The smallest absolute Gasteiger partial charge is 0.293 e. The van der Waals surface area contributed by atoms with Gasteiger partial charge in [-0.3, -0.25) is 4.79 Å². The molecule has 0 spiro atoms. The molecular weight excluding hydrogens is 366 g/mol. The molecule has 29 heavy (non-hydrogen) atoms. The van der Waals surface area contributed by atoms with Gasteiger partial charge in [0.1, 0.15) is 43.5 Å². The number of carbonyl (C=O) groups is 1. The largest absolute Gasteiger partial charge is 0.378 e. The number of quaternary nitrogens is 1. The maximum absolute atomic E-state index is 12.5. The summed E-state index contributed by atoms with van der Waals surface area (Å²) in [6.07, 6.45) is 5.42. The number of piperazine rings is 1. The first-order chi connectivity index (χ1) is 14.2. The van der Waals surface area contributed by atoms with Crippen LogP contribution < -0.4 is 14.8 Å². The van der Waals surface area contributed by atoms with Crippen LogP contribution in [0.5, 0.6) is 0 Å². The number of aromatic amines is 1. The van der Waals surface area contributed by atoms with E-state index in [1.54, 1.807) is 0 Å². The van der Waals surface area contributed by atoms with E-state index in [1.165, 1.54) is 21.7 Å². The molecule has 2 saturated heterocycles. The highest BCUT2D eigenvalue weighted by molar-refractivity contribution is 5.77. The van der Waals surface area contributed by atoms with Crippen LogP contribution in [0, 0.1) is 11.3 Å². The van der Waals surface area contributed by atoms with Crippen LogP contribution >= 0.6 is 0 Å². The standard InChI is InChI=1S/C22H31N5O2/c1-2-4-20-18-6-3-5-17(18)19(15-23)22(24-20)27-9-7-25(8-10-27)16-21(28)26-11-13-29-14-12-26/h2-14,16H2,1H3/p+2. The molecule has 1 aromatic heterocycles. The first kappa shape index (κ1) is 20.1. The number of amides is 1. The second-order valence-corrected chi connectivity index (χ2v) is 8.41. The van der Waals surface area contributed by atoms with Gasteiger partial charge < -0.3 is 14.5 Å². The van der Waals surface area contributed by atoms with Crippen LogP contribution in [0.3, 0.4) is 0 Å². The highest BCUT2D eigenvalue weighted by Gasteiger charge is 2.34. The molecule has 2 fully saturated rings. The van der Waals surface area contributed by atoms with Crippen LogP contribution in [-0.2, 0) is 28.8 Å². The molecule has 0 radical (unpaired) electrons. The van der Waals surface area contributed by atoms with Gasteiger partial charge in [0.2, 0.25) is 0 Å². The predicted molar refractivity (Wildman–Crippen MR) is 109 cm³/mol. The summed E-state index contributed by atoms with van der Waals surface area (Å²) in [4.78, 5) is 21.8. The number of nitriles is 1. The summed E-state index contributed by atoms with van der Waals surface area (Å²) in [7, 11) is 0. The van der Waals surface area contributed by atoms with Gasteiger partial charge in [0.25, 0.3) is 11.7 Å². The van der Waals surface area contributed by atoms with Gasteiger partial charge in [0, 0.05) is 19.5 Å². The Morgan fingerprint density at radius 1 is 1.17 bits per heavy atom. The predicted octanol–water partition coefficient (Wildman–Crippen LogP) is -0.623. The molecule has 1 amide bonds. The van der Waals surface area contributed by atoms with Gasteiger partial charge in [-0.25, -0.2) is 9.88 Å². The van der Waals surface area contributed by atoms with Gasteiger partial charge in [-0.1, -0.05) is 6.92 Å². The number of morpholine rings is 1. The van der Waals surface area contributed by atoms with Gasteiger partial charge in [-0.15, -0.1) is 0 Å². The molecule has 7 nitrogen and oxygen atoms in total. The maximum atomic E-state index is 12.5. The van der Waals surface area contributed by atoms with E-state index >= 15 is 0 Å². The zero-order chi connectivity index (χ0) is 20.2. The Labute approximate surface area is 173 Å². The fourth-order valence-corrected chi connectivity index (χ4v) is 4.96. The monoisotopic (exact) mass is 399 g/mol. The molecule has 7 heteroatoms. The number of carbonyl (C=O) groups excluding carboxylic acids is 1. The van der Waals surface area contributed by atoms with Crippen LogP contribution in [-0.4, -0.2) is 69.8 Å². The molecule has 1 aromatic rings. The van der Waals surface area contributed by atoms with Gasteiger partial charge in [-0.2, -0.15) is 5.26 Å². The summed E-state index contributed by atoms with van der Waals surface area (Å²) in [5, 5.41) is 9.89. The Balaban J connectivity index is 1.44. The highest BCUT2D eigenvalue weighted by atomic mass is 16.5. The number of fused-ring (bicyclic) bond motifs is 1. The second-order valence-electron chi connectivity index (χ2n) is 8.41. The quantitative estimate of drug-likeness (QED) is 0.716. The van der Waals surface area contributed by atoms with Crippen molar-refractivity contribution in [3.8, 4) is 6.07 Å². The third-order valence-electron chi connectivity index (χ3n) is 6.55. The number of nitrogens with zero attached hydrogens (tertiary/aromatic N) is 3. The molecule has 0 aromatic carbocycles. The number of aromatic nitrogens is 1. The number of hydrogen-bond acceptors (Lipinski definition) is 4. The lowest BCUT2D eigenvalue weighted by atomic mass is 10.0. The Morgan fingerprint density at radius 2 is 1.90 bits per heavy atom. The summed E-state index contributed by atoms with van der Waals surface area (Å²) in [5.74, 6) is 1.25. The number of nitrogens with one attached hydrogen (secondary N) is 2. The molecule has 0 saturated carbocycles. The number of H-pyrrole nitrogens is 1. The molecule has 2 aliphatic heterocycles. The number of anilines is 1. The fourth-order valence-electron chi connectivity index (χ4n) is 4.96. The molecular formula is C22H33N5O2+2. The van der Waals surface area contributed by atoms with Crippen molar-refractivity contribution in [2.24, 2.45) is 0 Å². The first-order valence-electron chi connectivity index (χ1n) is 11.1. The Kier molecular flexibility index (Phi) is 6.31. The normalized spacial score (nSPS) is 19.9. The van der Waals surface area contributed by atoms with E-state index in [9.17, 15) is 10.1 Å². The van der Waals surface area contributed by atoms with Gasteiger partial charge in [-0.05, 0) is 36.8 Å². The van der Waals surface area contributed by atoms with E-state index in [0.717, 1.165) is 69.7 Å². The molecule has 156 valence electrons. The minimum Gasteiger partial charge on any atom is -0.378 e. The summed E-state index contributed by atoms with van der Waals surface area (Å²) in [5.41, 5.74) is 4.85. The van der Waals surface area contributed by atoms with Gasteiger partial charge >= 0.3 is 0 Å². The Morgan fingerprint density at radius 3 is 2.59 bits per heavy atom. The summed E-state index contributed by atoms with van der Waals surface area (Å²) in [6.45, 7) is 9.11. The van der Waals surface area contributed by atoms with Crippen LogP contribution in [0.15, 0.2) is 0 Å². The van der Waals surface area contributed by atoms with Crippen molar-refractivity contribution in [3.63, 3.8) is 0 Å². The van der Waals surface area contributed by atoms with E-state index < -0.39 is 0 Å². The number of rotatable bonds is 5. The van der Waals surface area contributed by atoms with Crippen LogP contribution in [0.2, 0.25) is 0 Å². The minimum atomic E-state index is 0.240. The fraction of sp³-hybridized carbons (Fsp3) is 0.682. The molecule has 1 aliphatic carbocycles. The molecule has 0 unspecified atom stereocenters. The van der Waals surface area contributed by atoms with Crippen LogP contribution in [0.25, 0.3) is 0 Å². The zero-order valence-electron chi connectivity index (χ0n) is 17.6. The SMILES string of the molecule is CCCc1[nH+]c(N2CC[NH+](CC(=O)N3CCOCC3)CC2)c(C#N)c2c1CCC2. The summed E-state index contributed by atoms with van der Waals surface area (Å²) < 4.78 is 5.35. The van der Waals surface area contributed by atoms with Crippen molar-refractivity contribution in [1.82, 2.24) is 4.90 Å². The minimum absolute atomic E-state index is 0.240. The molecule has 0 bridgehead atoms. The number of ether oxygens (including phenoxy) is 1. The van der Waals surface area contributed by atoms with Crippen LogP contribution in [0.1, 0.15) is 42.1 Å². The number of aryl methyl sites for hydroxylation is 1. The van der Waals surface area contributed by atoms with Crippen molar-refractivity contribution >= 4 is 11.7 Å². The third kappa shape index (κ3) is 4.24. The van der Waals surface area contributed by atoms with Crippen LogP contribution in [0.4, 0.5) is 5.82 Å². The van der Waals surface area contributed by atoms with Gasteiger partial charge in [0.05, 0.1) is 13.2 Å². The second kappa shape index (κ2) is 9.10. The topological polar surface area (TPSA) is 75.2 Å². The Hall–Kier alpha value is -2.17. The van der Waals surface area contributed by atoms with E-state index in [1.807, 2.05) is 4.90 Å². The number of pyridine rings is 1. The van der Waals surface area contributed by atoms with E-state index in [0.29, 0.717) is 32.8 Å². The van der Waals surface area contributed by atoms with Crippen molar-refractivity contribution < 1.29 is 19.4 Å². The molecule has 2 N–H and O–H groups in total. The zero-order valence-corrected chi connectivity index (χ0v) is 17.6. The van der Waals surface area contributed by atoms with E-state index in [2.05, 4.69) is 22.9 Å².